The molecule has 0 bridgehead atoms. The first-order valence-electron chi connectivity index (χ1n) is 6.95. The monoisotopic (exact) mass is 242 g/mol. The summed E-state index contributed by atoms with van der Waals surface area (Å²) in [4.78, 5) is 0. The fraction of sp³-hybridized carbons (Fsp3) is 0.867. The molecule has 0 aromatic heterocycles. The third kappa shape index (κ3) is 9.37. The van der Waals surface area contributed by atoms with Crippen LogP contribution in [0.25, 0.3) is 0 Å². The van der Waals surface area contributed by atoms with Gasteiger partial charge in [-0.3, -0.25) is 0 Å². The molecule has 17 heavy (non-hydrogen) atoms. The summed E-state index contributed by atoms with van der Waals surface area (Å²) in [6.07, 6.45) is 5.70. The Bertz CT molecular complexity index is 201. The summed E-state index contributed by atoms with van der Waals surface area (Å²) in [5.41, 5.74) is 1.14. The molecule has 0 fully saturated rings. The molecule has 0 saturated carbocycles. The number of aliphatic hydroxyl groups excluding tert-OH is 2. The summed E-state index contributed by atoms with van der Waals surface area (Å²) in [5, 5.41) is 18.7. The third-order valence-electron chi connectivity index (χ3n) is 3.43. The maximum Gasteiger partial charge on any atom is 0.0580 e. The predicted molar refractivity (Wildman–Crippen MR) is 73.9 cm³/mol. The van der Waals surface area contributed by atoms with E-state index in [4.69, 9.17) is 5.11 Å². The lowest BCUT2D eigenvalue weighted by Crippen LogP contribution is -2.14. The minimum atomic E-state index is -0.340. The molecule has 0 heterocycles. The maximum atomic E-state index is 9.80. The quantitative estimate of drug-likeness (QED) is 0.575. The SMILES string of the molecule is C=C(CCC[C@@H](C)CC)C[C@H](O)C[C@H](C)CO. The van der Waals surface area contributed by atoms with Crippen LogP contribution in [-0.2, 0) is 0 Å². The van der Waals surface area contributed by atoms with Crippen molar-refractivity contribution in [1.29, 1.82) is 0 Å². The Balaban J connectivity index is 3.64. The van der Waals surface area contributed by atoms with Crippen molar-refractivity contribution < 1.29 is 10.2 Å². The van der Waals surface area contributed by atoms with Crippen molar-refractivity contribution in [1.82, 2.24) is 0 Å². The molecule has 2 heteroatoms. The average molecular weight is 242 g/mol. The van der Waals surface area contributed by atoms with Crippen LogP contribution in [0.5, 0.6) is 0 Å². The van der Waals surface area contributed by atoms with Crippen molar-refractivity contribution in [2.24, 2.45) is 11.8 Å². The Labute approximate surface area is 107 Å². The van der Waals surface area contributed by atoms with E-state index in [2.05, 4.69) is 20.4 Å². The fourth-order valence-electron chi connectivity index (χ4n) is 1.96. The van der Waals surface area contributed by atoms with Crippen LogP contribution in [0.15, 0.2) is 12.2 Å². The van der Waals surface area contributed by atoms with Gasteiger partial charge in [-0.25, -0.2) is 0 Å². The lowest BCUT2D eigenvalue weighted by molar-refractivity contribution is 0.121. The molecular formula is C15H30O2. The van der Waals surface area contributed by atoms with E-state index in [1.54, 1.807) is 0 Å². The van der Waals surface area contributed by atoms with Gasteiger partial charge in [-0.05, 0) is 37.5 Å². The zero-order valence-electron chi connectivity index (χ0n) is 11.8. The van der Waals surface area contributed by atoms with E-state index in [1.165, 1.54) is 19.3 Å². The Morgan fingerprint density at radius 2 is 1.88 bits per heavy atom. The molecule has 0 aliphatic rings. The van der Waals surface area contributed by atoms with Crippen LogP contribution in [0.2, 0.25) is 0 Å². The van der Waals surface area contributed by atoms with E-state index in [9.17, 15) is 5.11 Å². The number of aliphatic hydroxyl groups is 2. The molecule has 2 N–H and O–H groups in total. The highest BCUT2D eigenvalue weighted by atomic mass is 16.3. The third-order valence-corrected chi connectivity index (χ3v) is 3.43. The zero-order chi connectivity index (χ0) is 13.3. The zero-order valence-corrected chi connectivity index (χ0v) is 11.8. The minimum absolute atomic E-state index is 0.150. The van der Waals surface area contributed by atoms with Gasteiger partial charge in [0.15, 0.2) is 0 Å². The van der Waals surface area contributed by atoms with Crippen molar-refractivity contribution in [2.75, 3.05) is 6.61 Å². The van der Waals surface area contributed by atoms with Gasteiger partial charge in [0.2, 0.25) is 0 Å². The second-order valence-electron chi connectivity index (χ2n) is 5.54. The van der Waals surface area contributed by atoms with Crippen LogP contribution in [0.1, 0.15) is 59.3 Å². The first kappa shape index (κ1) is 16.7. The van der Waals surface area contributed by atoms with Crippen LogP contribution in [-0.4, -0.2) is 22.9 Å². The molecule has 0 radical (unpaired) electrons. The van der Waals surface area contributed by atoms with Gasteiger partial charge >= 0.3 is 0 Å². The molecule has 0 aromatic carbocycles. The molecular weight excluding hydrogens is 212 g/mol. The van der Waals surface area contributed by atoms with E-state index >= 15 is 0 Å². The van der Waals surface area contributed by atoms with E-state index in [0.717, 1.165) is 17.9 Å². The highest BCUT2D eigenvalue weighted by Gasteiger charge is 2.11. The summed E-state index contributed by atoms with van der Waals surface area (Å²) in [7, 11) is 0. The molecule has 0 amide bonds. The lowest BCUT2D eigenvalue weighted by atomic mass is 9.95. The molecule has 0 aliphatic carbocycles. The van der Waals surface area contributed by atoms with E-state index in [1.807, 2.05) is 6.92 Å². The predicted octanol–water partition coefficient (Wildman–Crippen LogP) is 3.53. The van der Waals surface area contributed by atoms with Crippen LogP contribution >= 0.6 is 0 Å². The molecule has 102 valence electrons. The Morgan fingerprint density at radius 1 is 1.24 bits per heavy atom. The van der Waals surface area contributed by atoms with E-state index in [-0.39, 0.29) is 18.6 Å². The van der Waals surface area contributed by atoms with E-state index in [0.29, 0.717) is 12.8 Å². The number of rotatable bonds is 10. The molecule has 2 nitrogen and oxygen atoms in total. The van der Waals surface area contributed by atoms with Gasteiger partial charge in [0.1, 0.15) is 0 Å². The summed E-state index contributed by atoms with van der Waals surface area (Å²) < 4.78 is 0. The van der Waals surface area contributed by atoms with Gasteiger partial charge in [-0.15, -0.1) is 0 Å². The fourth-order valence-corrected chi connectivity index (χ4v) is 1.96. The van der Waals surface area contributed by atoms with Gasteiger partial charge in [-0.2, -0.15) is 0 Å². The normalized spacial score (nSPS) is 16.5. The van der Waals surface area contributed by atoms with Crippen molar-refractivity contribution in [3.63, 3.8) is 0 Å². The van der Waals surface area contributed by atoms with Crippen LogP contribution in [0, 0.1) is 11.8 Å². The molecule has 0 aromatic rings. The number of hydrogen-bond acceptors (Lipinski definition) is 2. The Morgan fingerprint density at radius 3 is 2.41 bits per heavy atom. The van der Waals surface area contributed by atoms with Gasteiger partial charge in [-0.1, -0.05) is 45.8 Å². The van der Waals surface area contributed by atoms with Gasteiger partial charge in [0.05, 0.1) is 6.10 Å². The average Bonchev–Trinajstić information content (AvgIpc) is 2.28. The van der Waals surface area contributed by atoms with Crippen molar-refractivity contribution in [2.45, 2.75) is 65.4 Å². The first-order valence-corrected chi connectivity index (χ1v) is 6.95. The summed E-state index contributed by atoms with van der Waals surface area (Å²) in [6, 6.07) is 0. The van der Waals surface area contributed by atoms with E-state index < -0.39 is 0 Å². The molecule has 0 spiro atoms. The summed E-state index contributed by atoms with van der Waals surface area (Å²) in [6.45, 7) is 10.6. The molecule has 0 saturated heterocycles. The number of hydrogen-bond donors (Lipinski definition) is 2. The van der Waals surface area contributed by atoms with Crippen LogP contribution < -0.4 is 0 Å². The highest BCUT2D eigenvalue weighted by molar-refractivity contribution is 4.96. The standard InChI is InChI=1S/C15H30O2/c1-5-12(2)7-6-8-13(3)9-15(17)10-14(4)11-16/h12,14-17H,3,5-11H2,1-2,4H3/t12-,14-,15-/m0/s1. The highest BCUT2D eigenvalue weighted by Crippen LogP contribution is 2.19. The maximum absolute atomic E-state index is 9.80. The topological polar surface area (TPSA) is 40.5 Å². The molecule has 3 atom stereocenters. The molecule has 0 unspecified atom stereocenters. The largest absolute Gasteiger partial charge is 0.396 e. The second kappa shape index (κ2) is 9.67. The summed E-state index contributed by atoms with van der Waals surface area (Å²) in [5.74, 6) is 0.972. The van der Waals surface area contributed by atoms with Crippen LogP contribution in [0.4, 0.5) is 0 Å². The second-order valence-corrected chi connectivity index (χ2v) is 5.54. The lowest BCUT2D eigenvalue weighted by Gasteiger charge is -2.16. The van der Waals surface area contributed by atoms with Gasteiger partial charge in [0.25, 0.3) is 0 Å². The van der Waals surface area contributed by atoms with Gasteiger partial charge < -0.3 is 10.2 Å². The summed E-state index contributed by atoms with van der Waals surface area (Å²) >= 11 is 0. The van der Waals surface area contributed by atoms with Crippen molar-refractivity contribution in [3.8, 4) is 0 Å². The Kier molecular flexibility index (Phi) is 9.47. The molecule has 0 rings (SSSR count). The minimum Gasteiger partial charge on any atom is -0.396 e. The van der Waals surface area contributed by atoms with Crippen molar-refractivity contribution in [3.05, 3.63) is 12.2 Å². The Hall–Kier alpha value is -0.340. The van der Waals surface area contributed by atoms with Gasteiger partial charge in [0, 0.05) is 6.61 Å². The molecule has 0 aliphatic heterocycles. The van der Waals surface area contributed by atoms with Crippen LogP contribution in [0.3, 0.4) is 0 Å². The smallest absolute Gasteiger partial charge is 0.0580 e. The first-order chi connectivity index (χ1) is 7.99. The van der Waals surface area contributed by atoms with Crippen molar-refractivity contribution >= 4 is 0 Å².